The van der Waals surface area contributed by atoms with Crippen LogP contribution in [-0.2, 0) is 0 Å². The van der Waals surface area contributed by atoms with Crippen LogP contribution in [0.25, 0.3) is 11.0 Å². The molecule has 0 bridgehead atoms. The normalized spacial score (nSPS) is 11.0. The van der Waals surface area contributed by atoms with Gasteiger partial charge in [0.15, 0.2) is 5.78 Å². The lowest BCUT2D eigenvalue weighted by Crippen LogP contribution is -2.12. The van der Waals surface area contributed by atoms with Crippen molar-refractivity contribution < 1.29 is 9.59 Å². The minimum absolute atomic E-state index is 0.00781. The van der Waals surface area contributed by atoms with Crippen molar-refractivity contribution in [3.8, 4) is 0 Å². The van der Waals surface area contributed by atoms with E-state index in [1.54, 1.807) is 36.4 Å². The molecule has 3 rings (SSSR count). The van der Waals surface area contributed by atoms with Gasteiger partial charge in [-0.25, -0.2) is 4.68 Å². The molecule has 1 heterocycles. The number of hydrogen-bond donors (Lipinski definition) is 1. The molecule has 0 aliphatic heterocycles. The molecular formula is C18H18N4O2. The molecule has 0 fully saturated rings. The molecule has 24 heavy (non-hydrogen) atoms. The maximum Gasteiger partial charge on any atom is 0.255 e. The van der Waals surface area contributed by atoms with Gasteiger partial charge < -0.3 is 5.32 Å². The average molecular weight is 322 g/mol. The molecule has 3 aromatic rings. The van der Waals surface area contributed by atoms with Gasteiger partial charge in [0.05, 0.1) is 5.52 Å². The van der Waals surface area contributed by atoms with Crippen molar-refractivity contribution in [3.63, 3.8) is 0 Å². The number of nitrogens with one attached hydrogen (secondary N) is 1. The molecule has 0 spiro atoms. The first kappa shape index (κ1) is 15.9. The van der Waals surface area contributed by atoms with E-state index in [2.05, 4.69) is 15.6 Å². The van der Waals surface area contributed by atoms with Gasteiger partial charge in [0.25, 0.3) is 5.91 Å². The van der Waals surface area contributed by atoms with Crippen molar-refractivity contribution in [1.29, 1.82) is 0 Å². The fourth-order valence-electron chi connectivity index (χ4n) is 2.46. The fourth-order valence-corrected chi connectivity index (χ4v) is 2.46. The minimum Gasteiger partial charge on any atom is -0.322 e. The van der Waals surface area contributed by atoms with Gasteiger partial charge in [0.1, 0.15) is 5.52 Å². The van der Waals surface area contributed by atoms with Gasteiger partial charge in [-0.15, -0.1) is 5.10 Å². The molecule has 0 saturated carbocycles. The summed E-state index contributed by atoms with van der Waals surface area (Å²) >= 11 is 0. The molecule has 0 saturated heterocycles. The number of aromatic nitrogens is 3. The van der Waals surface area contributed by atoms with E-state index in [1.807, 2.05) is 24.6 Å². The van der Waals surface area contributed by atoms with Crippen molar-refractivity contribution in [1.82, 2.24) is 15.0 Å². The van der Waals surface area contributed by atoms with Gasteiger partial charge in [-0.2, -0.15) is 0 Å². The first-order valence-electron chi connectivity index (χ1n) is 7.73. The second-order valence-corrected chi connectivity index (χ2v) is 5.92. The monoisotopic (exact) mass is 322 g/mol. The third-order valence-electron chi connectivity index (χ3n) is 3.77. The number of benzene rings is 2. The smallest absolute Gasteiger partial charge is 0.255 e. The number of nitrogens with zero attached hydrogens (tertiary/aromatic N) is 3. The summed E-state index contributed by atoms with van der Waals surface area (Å²) in [4.78, 5) is 23.7. The van der Waals surface area contributed by atoms with E-state index >= 15 is 0 Å². The topological polar surface area (TPSA) is 76.9 Å². The molecular weight excluding hydrogens is 304 g/mol. The Hall–Kier alpha value is -3.02. The molecule has 0 unspecified atom stereocenters. The Morgan fingerprint density at radius 3 is 2.33 bits per heavy atom. The van der Waals surface area contributed by atoms with Crippen molar-refractivity contribution >= 4 is 28.4 Å². The van der Waals surface area contributed by atoms with Crippen LogP contribution in [0.2, 0.25) is 0 Å². The molecule has 0 aliphatic carbocycles. The highest BCUT2D eigenvalue weighted by Crippen LogP contribution is 2.18. The molecule has 6 nitrogen and oxygen atoms in total. The molecule has 0 atom stereocenters. The van der Waals surface area contributed by atoms with Gasteiger partial charge in [-0.3, -0.25) is 9.59 Å². The first-order chi connectivity index (χ1) is 11.5. The van der Waals surface area contributed by atoms with E-state index < -0.39 is 0 Å². The SMILES string of the molecule is CC(=O)c1ccc(NC(=O)c2ccc3c(c2)nnn3C(C)C)cc1. The van der Waals surface area contributed by atoms with Crippen LogP contribution in [-0.4, -0.2) is 26.7 Å². The van der Waals surface area contributed by atoms with Gasteiger partial charge in [0, 0.05) is 22.9 Å². The summed E-state index contributed by atoms with van der Waals surface area (Å²) in [5.74, 6) is -0.238. The van der Waals surface area contributed by atoms with Crippen LogP contribution < -0.4 is 5.32 Å². The summed E-state index contributed by atoms with van der Waals surface area (Å²) < 4.78 is 1.82. The number of amides is 1. The standard InChI is InChI=1S/C18H18N4O2/c1-11(2)22-17-9-6-14(10-16(17)20-21-22)18(24)19-15-7-4-13(5-8-15)12(3)23/h4-11H,1-3H3,(H,19,24). The van der Waals surface area contributed by atoms with E-state index in [9.17, 15) is 9.59 Å². The van der Waals surface area contributed by atoms with Crippen LogP contribution in [0.1, 0.15) is 47.5 Å². The molecule has 1 aromatic heterocycles. The molecule has 0 radical (unpaired) electrons. The lowest BCUT2D eigenvalue weighted by Gasteiger charge is -2.07. The second-order valence-electron chi connectivity index (χ2n) is 5.92. The van der Waals surface area contributed by atoms with E-state index in [0.717, 1.165) is 5.52 Å². The summed E-state index contributed by atoms with van der Waals surface area (Å²) in [6, 6.07) is 12.3. The highest BCUT2D eigenvalue weighted by Gasteiger charge is 2.12. The Bertz CT molecular complexity index is 910. The number of rotatable bonds is 4. The number of carbonyl (C=O) groups excluding carboxylic acids is 2. The quantitative estimate of drug-likeness (QED) is 0.746. The van der Waals surface area contributed by atoms with Crippen molar-refractivity contribution in [2.75, 3.05) is 5.32 Å². The Kier molecular flexibility index (Phi) is 4.12. The van der Waals surface area contributed by atoms with Gasteiger partial charge in [-0.1, -0.05) is 5.21 Å². The summed E-state index contributed by atoms with van der Waals surface area (Å²) in [5.41, 5.74) is 3.33. The van der Waals surface area contributed by atoms with Gasteiger partial charge >= 0.3 is 0 Å². The molecule has 1 N–H and O–H groups in total. The van der Waals surface area contributed by atoms with Crippen molar-refractivity contribution in [2.24, 2.45) is 0 Å². The van der Waals surface area contributed by atoms with Crippen LogP contribution >= 0.6 is 0 Å². The number of Topliss-reactive ketones (excluding diaryl/α,β-unsaturated/α-hetero) is 1. The first-order valence-corrected chi connectivity index (χ1v) is 7.73. The zero-order chi connectivity index (χ0) is 17.3. The molecule has 6 heteroatoms. The lowest BCUT2D eigenvalue weighted by molar-refractivity contribution is 0.101. The molecule has 122 valence electrons. The van der Waals surface area contributed by atoms with E-state index in [1.165, 1.54) is 6.92 Å². The van der Waals surface area contributed by atoms with Crippen LogP contribution in [0.5, 0.6) is 0 Å². The Balaban J connectivity index is 1.82. The largest absolute Gasteiger partial charge is 0.322 e. The van der Waals surface area contributed by atoms with Crippen LogP contribution in [0.3, 0.4) is 0 Å². The van der Waals surface area contributed by atoms with Crippen molar-refractivity contribution in [2.45, 2.75) is 26.8 Å². The summed E-state index contributed by atoms with van der Waals surface area (Å²) in [6.07, 6.45) is 0. The minimum atomic E-state index is -0.230. The molecule has 0 aliphatic rings. The summed E-state index contributed by atoms with van der Waals surface area (Å²) in [5, 5.41) is 11.0. The second kappa shape index (κ2) is 6.23. The lowest BCUT2D eigenvalue weighted by atomic mass is 10.1. The number of ketones is 1. The highest BCUT2D eigenvalue weighted by molar-refractivity contribution is 6.06. The number of anilines is 1. The number of carbonyl (C=O) groups is 2. The maximum atomic E-state index is 12.4. The Labute approximate surface area is 139 Å². The number of hydrogen-bond acceptors (Lipinski definition) is 4. The number of fused-ring (bicyclic) bond motifs is 1. The summed E-state index contributed by atoms with van der Waals surface area (Å²) in [7, 11) is 0. The molecule has 1 amide bonds. The average Bonchev–Trinajstić information content (AvgIpc) is 2.98. The fraction of sp³-hybridized carbons (Fsp3) is 0.222. The van der Waals surface area contributed by atoms with Crippen molar-refractivity contribution in [3.05, 3.63) is 53.6 Å². The maximum absolute atomic E-state index is 12.4. The zero-order valence-electron chi connectivity index (χ0n) is 13.8. The summed E-state index contributed by atoms with van der Waals surface area (Å²) in [6.45, 7) is 5.56. The van der Waals surface area contributed by atoms with E-state index in [0.29, 0.717) is 22.3 Å². The predicted octanol–water partition coefficient (Wildman–Crippen LogP) is 3.47. The predicted molar refractivity (Wildman–Crippen MR) is 92.3 cm³/mol. The molecule has 2 aromatic carbocycles. The third kappa shape index (κ3) is 3.03. The van der Waals surface area contributed by atoms with E-state index in [4.69, 9.17) is 0 Å². The van der Waals surface area contributed by atoms with Crippen LogP contribution in [0.4, 0.5) is 5.69 Å². The van der Waals surface area contributed by atoms with Crippen LogP contribution in [0, 0.1) is 0 Å². The van der Waals surface area contributed by atoms with Crippen LogP contribution in [0.15, 0.2) is 42.5 Å². The van der Waals surface area contributed by atoms with E-state index in [-0.39, 0.29) is 17.7 Å². The highest BCUT2D eigenvalue weighted by atomic mass is 16.1. The zero-order valence-corrected chi connectivity index (χ0v) is 13.8. The van der Waals surface area contributed by atoms with Gasteiger partial charge in [-0.05, 0) is 63.2 Å². The third-order valence-corrected chi connectivity index (χ3v) is 3.77. The van der Waals surface area contributed by atoms with Gasteiger partial charge in [0.2, 0.25) is 0 Å². The Morgan fingerprint density at radius 2 is 1.71 bits per heavy atom. The Morgan fingerprint density at radius 1 is 1.04 bits per heavy atom.